The quantitative estimate of drug-likeness (QED) is 0.713. The number of hydrogen-bond acceptors (Lipinski definition) is 5. The second-order valence-corrected chi connectivity index (χ2v) is 6.58. The highest BCUT2D eigenvalue weighted by Gasteiger charge is 2.37. The summed E-state index contributed by atoms with van der Waals surface area (Å²) in [7, 11) is 0. The van der Waals surface area contributed by atoms with E-state index in [2.05, 4.69) is 4.98 Å². The Kier molecular flexibility index (Phi) is 4.19. The highest BCUT2D eigenvalue weighted by atomic mass is 32.1. The van der Waals surface area contributed by atoms with Crippen LogP contribution in [-0.2, 0) is 12.8 Å². The zero-order chi connectivity index (χ0) is 18.4. The summed E-state index contributed by atoms with van der Waals surface area (Å²) in [6, 6.07) is 4.47. The van der Waals surface area contributed by atoms with Gasteiger partial charge in [0, 0.05) is 5.39 Å². The van der Waals surface area contributed by atoms with E-state index in [1.165, 1.54) is 32.0 Å². The Morgan fingerprint density at radius 1 is 1.36 bits per heavy atom. The van der Waals surface area contributed by atoms with E-state index in [0.29, 0.717) is 16.0 Å². The molecule has 2 aromatic heterocycles. The Morgan fingerprint density at radius 3 is 2.72 bits per heavy atom. The fraction of sp³-hybridized carbons (Fsp3) is 0.250. The Bertz CT molecular complexity index is 958. The molecule has 3 rings (SSSR count). The number of aromatic carboxylic acids is 1. The van der Waals surface area contributed by atoms with Crippen LogP contribution >= 0.6 is 11.3 Å². The first-order valence-corrected chi connectivity index (χ1v) is 7.91. The Labute approximate surface area is 143 Å². The highest BCUT2D eigenvalue weighted by Crippen LogP contribution is 2.35. The van der Waals surface area contributed by atoms with Gasteiger partial charge >= 0.3 is 12.1 Å². The molecule has 132 valence electrons. The molecule has 0 spiro atoms. The van der Waals surface area contributed by atoms with Crippen molar-refractivity contribution in [1.82, 2.24) is 4.98 Å². The van der Waals surface area contributed by atoms with E-state index in [0.717, 1.165) is 11.3 Å². The van der Waals surface area contributed by atoms with E-state index in [1.54, 1.807) is 0 Å². The number of benzene rings is 1. The van der Waals surface area contributed by atoms with Gasteiger partial charge in [0.15, 0.2) is 5.69 Å². The predicted molar refractivity (Wildman–Crippen MR) is 84.1 cm³/mol. The number of aromatic nitrogens is 1. The summed E-state index contributed by atoms with van der Waals surface area (Å²) >= 11 is 0.908. The Hall–Kier alpha value is -2.55. The molecule has 25 heavy (non-hydrogen) atoms. The maximum Gasteiger partial charge on any atom is 0.434 e. The van der Waals surface area contributed by atoms with Crippen molar-refractivity contribution in [3.63, 3.8) is 0 Å². The number of carboxylic acids is 1. The van der Waals surface area contributed by atoms with Crippen molar-refractivity contribution < 1.29 is 32.2 Å². The molecule has 1 N–H and O–H groups in total. The third kappa shape index (κ3) is 3.32. The maximum atomic E-state index is 13.0. The number of ether oxygens (including phenoxy) is 1. The fourth-order valence-corrected chi connectivity index (χ4v) is 3.36. The number of hydrogen-bond donors (Lipinski definition) is 1. The summed E-state index contributed by atoms with van der Waals surface area (Å²) in [6.07, 6.45) is -4.55. The lowest BCUT2D eigenvalue weighted by Crippen LogP contribution is -2.10. The minimum absolute atomic E-state index is 0.00469. The summed E-state index contributed by atoms with van der Waals surface area (Å²) < 4.78 is 49.6. The van der Waals surface area contributed by atoms with E-state index >= 15 is 0 Å². The van der Waals surface area contributed by atoms with E-state index in [4.69, 9.17) is 9.15 Å². The molecule has 0 unspecified atom stereocenters. The van der Waals surface area contributed by atoms with Gasteiger partial charge in [-0.1, -0.05) is 0 Å². The molecule has 0 radical (unpaired) electrons. The lowest BCUT2D eigenvalue weighted by Gasteiger charge is -2.08. The molecule has 0 aliphatic rings. The number of fused-ring (bicyclic) bond motifs is 1. The molecule has 1 aromatic carbocycles. The van der Waals surface area contributed by atoms with Gasteiger partial charge in [-0.25, -0.2) is 9.78 Å². The average Bonchev–Trinajstić information content (AvgIpc) is 3.03. The van der Waals surface area contributed by atoms with Gasteiger partial charge in [-0.3, -0.25) is 0 Å². The van der Waals surface area contributed by atoms with E-state index < -0.39 is 17.8 Å². The topological polar surface area (TPSA) is 72.6 Å². The number of carboxylic acid groups (broad SMARTS) is 1. The van der Waals surface area contributed by atoms with Crippen molar-refractivity contribution in [3.8, 4) is 5.75 Å². The van der Waals surface area contributed by atoms with Gasteiger partial charge < -0.3 is 14.3 Å². The van der Waals surface area contributed by atoms with Crippen molar-refractivity contribution in [2.45, 2.75) is 26.6 Å². The third-order valence-electron chi connectivity index (χ3n) is 3.49. The van der Waals surface area contributed by atoms with Crippen molar-refractivity contribution in [2.75, 3.05) is 0 Å². The molecule has 2 heterocycles. The number of alkyl halides is 3. The number of furan rings is 1. The predicted octanol–water partition coefficient (Wildman–Crippen LogP) is 4.80. The number of carbonyl (C=O) groups is 1. The molecule has 0 atom stereocenters. The van der Waals surface area contributed by atoms with Gasteiger partial charge in [0.05, 0.1) is 9.88 Å². The van der Waals surface area contributed by atoms with Gasteiger partial charge in [-0.15, -0.1) is 11.3 Å². The third-order valence-corrected chi connectivity index (χ3v) is 4.44. The molecule has 0 bridgehead atoms. The summed E-state index contributed by atoms with van der Waals surface area (Å²) in [4.78, 5) is 14.8. The zero-order valence-electron chi connectivity index (χ0n) is 13.1. The summed E-state index contributed by atoms with van der Waals surface area (Å²) in [5, 5.41) is 9.87. The molecule has 9 heteroatoms. The molecular weight excluding hydrogens is 359 g/mol. The lowest BCUT2D eigenvalue weighted by molar-refractivity contribution is -0.141. The van der Waals surface area contributed by atoms with Crippen molar-refractivity contribution in [1.29, 1.82) is 0 Å². The Morgan fingerprint density at radius 2 is 2.08 bits per heavy atom. The van der Waals surface area contributed by atoms with Crippen molar-refractivity contribution >= 4 is 28.3 Å². The number of nitrogens with zero attached hydrogens (tertiary/aromatic N) is 1. The van der Waals surface area contributed by atoms with E-state index in [1.807, 2.05) is 0 Å². The van der Waals surface area contributed by atoms with Gasteiger partial charge in [0.2, 0.25) is 0 Å². The molecule has 0 saturated carbocycles. The number of thiazole rings is 1. The summed E-state index contributed by atoms with van der Waals surface area (Å²) in [5.41, 5.74) is -0.585. The summed E-state index contributed by atoms with van der Waals surface area (Å²) in [5.74, 6) is -0.655. The smallest absolute Gasteiger partial charge is 0.434 e. The maximum absolute atomic E-state index is 13.0. The van der Waals surface area contributed by atoms with Crippen LogP contribution in [0.3, 0.4) is 0 Å². The van der Waals surface area contributed by atoms with Gasteiger partial charge in [0.1, 0.15) is 29.3 Å². The SMILES string of the molecule is Cc1nc(C(F)(F)F)c(COc2ccc3oc(C)c(C(=O)O)c3c2)s1. The van der Waals surface area contributed by atoms with Crippen LogP contribution in [0.1, 0.15) is 31.7 Å². The molecule has 5 nitrogen and oxygen atoms in total. The first-order valence-electron chi connectivity index (χ1n) is 7.09. The van der Waals surface area contributed by atoms with Crippen LogP contribution in [0.25, 0.3) is 11.0 Å². The Balaban J connectivity index is 1.90. The molecule has 0 aliphatic carbocycles. The molecule has 0 fully saturated rings. The van der Waals surface area contributed by atoms with Crippen LogP contribution < -0.4 is 4.74 Å². The van der Waals surface area contributed by atoms with Gasteiger partial charge in [-0.05, 0) is 32.0 Å². The van der Waals surface area contributed by atoms with Crippen molar-refractivity contribution in [2.24, 2.45) is 0 Å². The van der Waals surface area contributed by atoms with E-state index in [-0.39, 0.29) is 28.6 Å². The van der Waals surface area contributed by atoms with Gasteiger partial charge in [-0.2, -0.15) is 13.2 Å². The second kappa shape index (κ2) is 6.07. The van der Waals surface area contributed by atoms with Crippen LogP contribution in [0.4, 0.5) is 13.2 Å². The first-order chi connectivity index (χ1) is 11.7. The van der Waals surface area contributed by atoms with Crippen LogP contribution in [0.15, 0.2) is 22.6 Å². The largest absolute Gasteiger partial charge is 0.488 e. The minimum atomic E-state index is -4.55. The van der Waals surface area contributed by atoms with E-state index in [9.17, 15) is 23.1 Å². The highest BCUT2D eigenvalue weighted by molar-refractivity contribution is 7.11. The normalized spacial score (nSPS) is 11.9. The van der Waals surface area contributed by atoms with Crippen LogP contribution in [-0.4, -0.2) is 16.1 Å². The molecule has 3 aromatic rings. The summed E-state index contributed by atoms with van der Waals surface area (Å²) in [6.45, 7) is 2.70. The average molecular weight is 371 g/mol. The molecule has 0 aliphatic heterocycles. The standard InChI is InChI=1S/C16H12F3NO4S/c1-7-13(15(21)22)10-5-9(3-4-11(10)24-7)23-6-12-14(16(17,18)19)20-8(2)25-12/h3-5H,6H2,1-2H3,(H,21,22). The first kappa shape index (κ1) is 17.3. The fourth-order valence-electron chi connectivity index (χ4n) is 2.49. The van der Waals surface area contributed by atoms with Crippen LogP contribution in [0, 0.1) is 13.8 Å². The zero-order valence-corrected chi connectivity index (χ0v) is 13.9. The lowest BCUT2D eigenvalue weighted by atomic mass is 10.1. The van der Waals surface area contributed by atoms with Crippen LogP contribution in [0.5, 0.6) is 5.75 Å². The van der Waals surface area contributed by atoms with Gasteiger partial charge in [0.25, 0.3) is 0 Å². The molecular formula is C16H12F3NO4S. The number of rotatable bonds is 4. The number of halogens is 3. The number of aryl methyl sites for hydroxylation is 2. The minimum Gasteiger partial charge on any atom is -0.488 e. The van der Waals surface area contributed by atoms with Crippen molar-refractivity contribution in [3.05, 3.63) is 45.1 Å². The second-order valence-electron chi connectivity index (χ2n) is 5.29. The van der Waals surface area contributed by atoms with Crippen LogP contribution in [0.2, 0.25) is 0 Å². The monoisotopic (exact) mass is 371 g/mol. The molecule has 0 amide bonds. The molecule has 0 saturated heterocycles.